The van der Waals surface area contributed by atoms with Crippen LogP contribution in [-0.4, -0.2) is 54.2 Å². The van der Waals surface area contributed by atoms with Crippen molar-refractivity contribution in [3.8, 4) is 11.1 Å². The number of carbonyl (C=O) groups excluding carboxylic acids is 1. The lowest BCUT2D eigenvalue weighted by Gasteiger charge is -2.39. The number of nitrogens with one attached hydrogen (secondary N) is 1. The van der Waals surface area contributed by atoms with Crippen LogP contribution in [-0.2, 0) is 21.1 Å². The van der Waals surface area contributed by atoms with Gasteiger partial charge in [-0.05, 0) is 67.9 Å². The summed E-state index contributed by atoms with van der Waals surface area (Å²) in [5, 5.41) is 9.33. The number of sulfone groups is 1. The van der Waals surface area contributed by atoms with Gasteiger partial charge in [0.2, 0.25) is 5.92 Å². The van der Waals surface area contributed by atoms with Gasteiger partial charge in [-0.25, -0.2) is 22.7 Å². The van der Waals surface area contributed by atoms with Gasteiger partial charge in [0.15, 0.2) is 14.6 Å². The first-order chi connectivity index (χ1) is 16.1. The SMILES string of the molecule is CC(F)(F)CCc1ccc(-c2ccc(S(=O)(=O)C3(C(=O)NO)CCN(C4CC4)CC3)cc2)cc1. The molecule has 2 aliphatic rings. The van der Waals surface area contributed by atoms with E-state index in [-0.39, 0.29) is 30.6 Å². The molecular formula is C25H30F2N2O4S. The Bertz CT molecular complexity index is 1120. The maximum absolute atomic E-state index is 13.6. The van der Waals surface area contributed by atoms with Crippen LogP contribution in [0.1, 0.15) is 44.6 Å². The summed E-state index contributed by atoms with van der Waals surface area (Å²) in [6, 6.07) is 14.0. The van der Waals surface area contributed by atoms with Crippen molar-refractivity contribution in [2.75, 3.05) is 13.1 Å². The third-order valence-corrected chi connectivity index (χ3v) is 9.52. The molecule has 6 nitrogen and oxygen atoms in total. The van der Waals surface area contributed by atoms with Crippen molar-refractivity contribution >= 4 is 15.7 Å². The van der Waals surface area contributed by atoms with E-state index in [1.165, 1.54) is 12.1 Å². The monoisotopic (exact) mass is 492 g/mol. The molecule has 1 aliphatic carbocycles. The minimum Gasteiger partial charge on any atom is -0.300 e. The summed E-state index contributed by atoms with van der Waals surface area (Å²) in [4.78, 5) is 14.9. The lowest BCUT2D eigenvalue weighted by atomic mass is 9.94. The van der Waals surface area contributed by atoms with Crippen molar-refractivity contribution in [2.24, 2.45) is 0 Å². The van der Waals surface area contributed by atoms with E-state index in [2.05, 4.69) is 4.90 Å². The molecule has 1 saturated carbocycles. The van der Waals surface area contributed by atoms with Gasteiger partial charge in [-0.1, -0.05) is 36.4 Å². The van der Waals surface area contributed by atoms with Crippen molar-refractivity contribution < 1.29 is 27.2 Å². The highest BCUT2D eigenvalue weighted by atomic mass is 32.2. The van der Waals surface area contributed by atoms with Crippen LogP contribution >= 0.6 is 0 Å². The van der Waals surface area contributed by atoms with E-state index in [0.29, 0.717) is 19.1 Å². The van der Waals surface area contributed by atoms with Crippen LogP contribution in [0, 0.1) is 0 Å². The van der Waals surface area contributed by atoms with E-state index in [9.17, 15) is 27.2 Å². The lowest BCUT2D eigenvalue weighted by Crippen LogP contribution is -2.58. The molecule has 0 atom stereocenters. The number of amides is 1. The van der Waals surface area contributed by atoms with Gasteiger partial charge < -0.3 is 4.90 Å². The first kappa shape index (κ1) is 24.8. The molecule has 0 unspecified atom stereocenters. The Morgan fingerprint density at radius 3 is 2.06 bits per heavy atom. The second kappa shape index (κ2) is 9.36. The Morgan fingerprint density at radius 1 is 1.06 bits per heavy atom. The quantitative estimate of drug-likeness (QED) is 0.426. The third-order valence-electron chi connectivity index (χ3n) is 7.00. The first-order valence-electron chi connectivity index (χ1n) is 11.6. The molecule has 1 heterocycles. The Labute approximate surface area is 198 Å². The Kier molecular flexibility index (Phi) is 6.81. The summed E-state index contributed by atoms with van der Waals surface area (Å²) in [5.41, 5.74) is 4.00. The van der Waals surface area contributed by atoms with Crippen LogP contribution in [0.2, 0.25) is 0 Å². The third kappa shape index (κ3) is 5.01. The predicted octanol–water partition coefficient (Wildman–Crippen LogP) is 4.22. The molecule has 4 rings (SSSR count). The largest absolute Gasteiger partial charge is 0.300 e. The van der Waals surface area contributed by atoms with Gasteiger partial charge in [-0.15, -0.1) is 0 Å². The standard InChI is InChI=1S/C25H30F2N2O4S/c1-24(26,27)13-12-18-2-4-19(5-3-18)20-6-10-22(11-7-20)34(32,33)25(23(30)28-31)14-16-29(17-15-25)21-8-9-21/h2-7,10-11,21,31H,8-9,12-17H2,1H3,(H,28,30). The van der Waals surface area contributed by atoms with Gasteiger partial charge >= 0.3 is 0 Å². The lowest BCUT2D eigenvalue weighted by molar-refractivity contribution is -0.133. The minimum atomic E-state index is -4.06. The molecule has 1 saturated heterocycles. The summed E-state index contributed by atoms with van der Waals surface area (Å²) in [6.07, 6.45) is 2.49. The van der Waals surface area contributed by atoms with Crippen LogP contribution in [0.4, 0.5) is 8.78 Å². The maximum atomic E-state index is 13.6. The average Bonchev–Trinajstić information content (AvgIpc) is 3.68. The number of likely N-dealkylation sites (tertiary alicyclic amines) is 1. The fourth-order valence-electron chi connectivity index (χ4n) is 4.69. The molecule has 1 amide bonds. The van der Waals surface area contributed by atoms with Gasteiger partial charge in [-0.2, -0.15) is 0 Å². The second-order valence-corrected chi connectivity index (χ2v) is 11.8. The van der Waals surface area contributed by atoms with E-state index in [1.54, 1.807) is 29.7 Å². The molecule has 0 spiro atoms. The molecule has 9 heteroatoms. The van der Waals surface area contributed by atoms with Crippen molar-refractivity contribution in [1.82, 2.24) is 10.4 Å². The number of benzene rings is 2. The number of hydrogen-bond acceptors (Lipinski definition) is 5. The van der Waals surface area contributed by atoms with Crippen LogP contribution < -0.4 is 5.48 Å². The zero-order valence-corrected chi connectivity index (χ0v) is 20.0. The topological polar surface area (TPSA) is 86.7 Å². The van der Waals surface area contributed by atoms with Crippen LogP contribution in [0.15, 0.2) is 53.4 Å². The normalized spacial score (nSPS) is 19.1. The maximum Gasteiger partial charge on any atom is 0.265 e. The van der Waals surface area contributed by atoms with Gasteiger partial charge in [-0.3, -0.25) is 10.0 Å². The highest BCUT2D eigenvalue weighted by Crippen LogP contribution is 2.39. The van der Waals surface area contributed by atoms with Crippen molar-refractivity contribution in [3.05, 3.63) is 54.1 Å². The van der Waals surface area contributed by atoms with E-state index < -0.39 is 26.4 Å². The molecule has 184 valence electrons. The molecule has 2 aromatic rings. The summed E-state index contributed by atoms with van der Waals surface area (Å²) in [6.45, 7) is 1.89. The summed E-state index contributed by atoms with van der Waals surface area (Å²) >= 11 is 0. The van der Waals surface area contributed by atoms with E-state index in [4.69, 9.17) is 0 Å². The van der Waals surface area contributed by atoms with Crippen molar-refractivity contribution in [3.63, 3.8) is 0 Å². The zero-order valence-electron chi connectivity index (χ0n) is 19.1. The molecule has 0 aromatic heterocycles. The number of rotatable bonds is 8. The number of piperidine rings is 1. The molecule has 0 bridgehead atoms. The number of aryl methyl sites for hydroxylation is 1. The van der Waals surface area contributed by atoms with Gasteiger partial charge in [0.25, 0.3) is 5.91 Å². The smallest absolute Gasteiger partial charge is 0.265 e. The van der Waals surface area contributed by atoms with E-state index in [1.807, 2.05) is 12.1 Å². The first-order valence-corrected chi connectivity index (χ1v) is 13.0. The van der Waals surface area contributed by atoms with Crippen molar-refractivity contribution in [1.29, 1.82) is 0 Å². The number of hydrogen-bond donors (Lipinski definition) is 2. The average molecular weight is 493 g/mol. The van der Waals surface area contributed by atoms with E-state index >= 15 is 0 Å². The molecule has 1 aliphatic heterocycles. The number of hydroxylamine groups is 1. The molecular weight excluding hydrogens is 462 g/mol. The summed E-state index contributed by atoms with van der Waals surface area (Å²) in [5.74, 6) is -3.60. The van der Waals surface area contributed by atoms with Crippen LogP contribution in [0.25, 0.3) is 11.1 Å². The predicted molar refractivity (Wildman–Crippen MR) is 124 cm³/mol. The Hall–Kier alpha value is -2.36. The Morgan fingerprint density at radius 2 is 1.59 bits per heavy atom. The fraction of sp³-hybridized carbons (Fsp3) is 0.480. The van der Waals surface area contributed by atoms with Gasteiger partial charge in [0.05, 0.1) is 4.90 Å². The molecule has 0 radical (unpaired) electrons. The summed E-state index contributed by atoms with van der Waals surface area (Å²) in [7, 11) is -4.06. The van der Waals surface area contributed by atoms with E-state index in [0.717, 1.165) is 36.5 Å². The van der Waals surface area contributed by atoms with Crippen molar-refractivity contribution in [2.45, 2.75) is 67.1 Å². The number of alkyl halides is 2. The Balaban J connectivity index is 1.53. The molecule has 34 heavy (non-hydrogen) atoms. The van der Waals surface area contributed by atoms with Crippen LogP contribution in [0.3, 0.4) is 0 Å². The van der Waals surface area contributed by atoms with Crippen LogP contribution in [0.5, 0.6) is 0 Å². The molecule has 2 N–H and O–H groups in total. The molecule has 2 aromatic carbocycles. The zero-order chi connectivity index (χ0) is 24.6. The summed E-state index contributed by atoms with van der Waals surface area (Å²) < 4.78 is 51.7. The molecule has 2 fully saturated rings. The highest BCUT2D eigenvalue weighted by molar-refractivity contribution is 7.93. The number of carbonyl (C=O) groups is 1. The van der Waals surface area contributed by atoms with Gasteiger partial charge in [0.1, 0.15) is 0 Å². The second-order valence-electron chi connectivity index (χ2n) is 9.50. The van der Waals surface area contributed by atoms with Gasteiger partial charge in [0, 0.05) is 25.6 Å². The number of nitrogens with zero attached hydrogens (tertiary/aromatic N) is 1. The minimum absolute atomic E-state index is 0.0292. The highest BCUT2D eigenvalue weighted by Gasteiger charge is 2.53. The fourth-order valence-corrected chi connectivity index (χ4v) is 6.64. The number of halogens is 2.